The molecule has 1 aromatic rings. The number of carbonyl (C=O) groups excluding carboxylic acids is 1. The predicted octanol–water partition coefficient (Wildman–Crippen LogP) is 3.58. The molecule has 12 heavy (non-hydrogen) atoms. The standard InChI is InChI=1S/C9H11IOS/c1-9(2,3)8(11)7-6(10)4-5-12-7/h4-5H,1-3H3. The number of hydrogen-bond acceptors (Lipinski definition) is 2. The van der Waals surface area contributed by atoms with Gasteiger partial charge in [0, 0.05) is 8.99 Å². The van der Waals surface area contributed by atoms with Crippen LogP contribution in [0, 0.1) is 8.99 Å². The molecule has 1 rings (SSSR count). The summed E-state index contributed by atoms with van der Waals surface area (Å²) in [4.78, 5) is 12.6. The third-order valence-corrected chi connectivity index (χ3v) is 3.68. The molecule has 0 N–H and O–H groups in total. The molecule has 3 heteroatoms. The first-order valence-corrected chi connectivity index (χ1v) is 5.66. The van der Waals surface area contributed by atoms with E-state index in [1.165, 1.54) is 11.3 Å². The lowest BCUT2D eigenvalue weighted by Gasteiger charge is -2.15. The first kappa shape index (κ1) is 10.2. The largest absolute Gasteiger partial charge is 0.293 e. The Morgan fingerprint density at radius 3 is 2.42 bits per heavy atom. The minimum absolute atomic E-state index is 0.238. The summed E-state index contributed by atoms with van der Waals surface area (Å²) in [5.41, 5.74) is -0.259. The van der Waals surface area contributed by atoms with Crippen LogP contribution in [-0.2, 0) is 0 Å². The second-order valence-corrected chi connectivity index (χ2v) is 5.76. The van der Waals surface area contributed by atoms with E-state index < -0.39 is 0 Å². The summed E-state index contributed by atoms with van der Waals surface area (Å²) in [6.07, 6.45) is 0. The fourth-order valence-electron chi connectivity index (χ4n) is 0.796. The van der Waals surface area contributed by atoms with E-state index in [2.05, 4.69) is 22.6 Å². The molecule has 0 amide bonds. The minimum Gasteiger partial charge on any atom is -0.293 e. The summed E-state index contributed by atoms with van der Waals surface area (Å²) in [5, 5.41) is 1.96. The van der Waals surface area contributed by atoms with Gasteiger partial charge in [0.2, 0.25) is 0 Å². The molecular formula is C9H11IOS. The van der Waals surface area contributed by atoms with Gasteiger partial charge in [-0.2, -0.15) is 0 Å². The number of halogens is 1. The zero-order chi connectivity index (χ0) is 9.35. The number of rotatable bonds is 1. The fourth-order valence-corrected chi connectivity index (χ4v) is 2.78. The van der Waals surface area contributed by atoms with E-state index in [1.54, 1.807) is 0 Å². The van der Waals surface area contributed by atoms with Crippen LogP contribution in [-0.4, -0.2) is 5.78 Å². The Morgan fingerprint density at radius 1 is 1.50 bits per heavy atom. The third kappa shape index (κ3) is 2.07. The maximum Gasteiger partial charge on any atom is 0.179 e. The van der Waals surface area contributed by atoms with Crippen molar-refractivity contribution >= 4 is 39.7 Å². The van der Waals surface area contributed by atoms with Crippen molar-refractivity contribution in [3.05, 3.63) is 19.9 Å². The van der Waals surface area contributed by atoms with Crippen LogP contribution >= 0.6 is 33.9 Å². The number of thiophene rings is 1. The Hall–Kier alpha value is 0.100. The van der Waals surface area contributed by atoms with E-state index in [1.807, 2.05) is 32.2 Å². The van der Waals surface area contributed by atoms with Crippen LogP contribution in [0.15, 0.2) is 11.4 Å². The average Bonchev–Trinajstić information content (AvgIpc) is 2.31. The van der Waals surface area contributed by atoms with Crippen LogP contribution in [0.5, 0.6) is 0 Å². The Bertz CT molecular complexity index is 296. The van der Waals surface area contributed by atoms with Gasteiger partial charge in [0.25, 0.3) is 0 Å². The lowest BCUT2D eigenvalue weighted by molar-refractivity contribution is 0.0862. The van der Waals surface area contributed by atoms with Crippen molar-refractivity contribution in [1.29, 1.82) is 0 Å². The van der Waals surface area contributed by atoms with Crippen LogP contribution in [0.1, 0.15) is 30.4 Å². The van der Waals surface area contributed by atoms with Crippen LogP contribution in [0.4, 0.5) is 0 Å². The summed E-state index contributed by atoms with van der Waals surface area (Å²) in [6.45, 7) is 5.85. The van der Waals surface area contributed by atoms with E-state index in [0.717, 1.165) is 8.45 Å². The molecule has 0 unspecified atom stereocenters. The van der Waals surface area contributed by atoms with Gasteiger partial charge in [0.05, 0.1) is 4.88 Å². The normalized spacial score (nSPS) is 11.7. The van der Waals surface area contributed by atoms with Gasteiger partial charge >= 0.3 is 0 Å². The quantitative estimate of drug-likeness (QED) is 0.571. The van der Waals surface area contributed by atoms with Crippen molar-refractivity contribution in [2.24, 2.45) is 5.41 Å². The Labute approximate surface area is 90.3 Å². The lowest BCUT2D eigenvalue weighted by atomic mass is 9.90. The highest BCUT2D eigenvalue weighted by atomic mass is 127. The Kier molecular flexibility index (Phi) is 2.93. The van der Waals surface area contributed by atoms with Gasteiger partial charge < -0.3 is 0 Å². The third-order valence-electron chi connectivity index (χ3n) is 1.50. The average molecular weight is 294 g/mol. The van der Waals surface area contributed by atoms with Gasteiger partial charge in [-0.25, -0.2) is 0 Å². The number of Topliss-reactive ketones (excluding diaryl/α,β-unsaturated/α-hetero) is 1. The number of ketones is 1. The van der Waals surface area contributed by atoms with E-state index in [9.17, 15) is 4.79 Å². The molecule has 0 spiro atoms. The minimum atomic E-state index is -0.259. The molecule has 1 aromatic heterocycles. The summed E-state index contributed by atoms with van der Waals surface area (Å²) >= 11 is 3.73. The van der Waals surface area contributed by atoms with Gasteiger partial charge in [-0.15, -0.1) is 11.3 Å². The van der Waals surface area contributed by atoms with Crippen molar-refractivity contribution < 1.29 is 4.79 Å². The van der Waals surface area contributed by atoms with Crippen molar-refractivity contribution in [3.63, 3.8) is 0 Å². The predicted molar refractivity (Wildman–Crippen MR) is 60.8 cm³/mol. The summed E-state index contributed by atoms with van der Waals surface area (Å²) in [5.74, 6) is 0.238. The lowest BCUT2D eigenvalue weighted by Crippen LogP contribution is -2.19. The first-order valence-electron chi connectivity index (χ1n) is 3.70. The zero-order valence-corrected chi connectivity index (χ0v) is 10.3. The smallest absolute Gasteiger partial charge is 0.179 e. The number of hydrogen-bond donors (Lipinski definition) is 0. The molecule has 1 heterocycles. The Balaban J connectivity index is 3.01. The monoisotopic (exact) mass is 294 g/mol. The topological polar surface area (TPSA) is 17.1 Å². The molecule has 0 radical (unpaired) electrons. The highest BCUT2D eigenvalue weighted by molar-refractivity contribution is 14.1. The van der Waals surface area contributed by atoms with Gasteiger partial charge in [-0.05, 0) is 34.0 Å². The summed E-state index contributed by atoms with van der Waals surface area (Å²) < 4.78 is 1.07. The highest BCUT2D eigenvalue weighted by Crippen LogP contribution is 2.27. The van der Waals surface area contributed by atoms with Crippen LogP contribution < -0.4 is 0 Å². The van der Waals surface area contributed by atoms with Gasteiger partial charge in [-0.3, -0.25) is 4.79 Å². The SMILES string of the molecule is CC(C)(C)C(=O)c1sccc1I. The molecule has 1 nitrogen and oxygen atoms in total. The second kappa shape index (κ2) is 3.46. The van der Waals surface area contributed by atoms with Crippen molar-refractivity contribution in [1.82, 2.24) is 0 Å². The maximum atomic E-state index is 11.8. The molecule has 0 bridgehead atoms. The van der Waals surface area contributed by atoms with Crippen LogP contribution in [0.2, 0.25) is 0 Å². The molecule has 66 valence electrons. The molecule has 0 aliphatic carbocycles. The highest BCUT2D eigenvalue weighted by Gasteiger charge is 2.25. The van der Waals surface area contributed by atoms with Crippen molar-refractivity contribution in [3.8, 4) is 0 Å². The van der Waals surface area contributed by atoms with E-state index in [-0.39, 0.29) is 11.2 Å². The molecule has 0 aliphatic rings. The van der Waals surface area contributed by atoms with Crippen molar-refractivity contribution in [2.75, 3.05) is 0 Å². The molecular weight excluding hydrogens is 283 g/mol. The summed E-state index contributed by atoms with van der Waals surface area (Å²) in [6, 6.07) is 1.98. The van der Waals surface area contributed by atoms with E-state index >= 15 is 0 Å². The molecule has 0 aliphatic heterocycles. The molecule has 0 atom stereocenters. The molecule has 0 saturated carbocycles. The second-order valence-electron chi connectivity index (χ2n) is 3.68. The molecule has 0 saturated heterocycles. The number of carbonyl (C=O) groups is 1. The van der Waals surface area contributed by atoms with Crippen molar-refractivity contribution in [2.45, 2.75) is 20.8 Å². The van der Waals surface area contributed by atoms with Crippen LogP contribution in [0.25, 0.3) is 0 Å². The first-order chi connectivity index (χ1) is 5.43. The zero-order valence-electron chi connectivity index (χ0n) is 7.35. The van der Waals surface area contributed by atoms with Crippen LogP contribution in [0.3, 0.4) is 0 Å². The Morgan fingerprint density at radius 2 is 2.08 bits per heavy atom. The molecule has 0 fully saturated rings. The van der Waals surface area contributed by atoms with Gasteiger partial charge in [0.15, 0.2) is 5.78 Å². The molecule has 0 aromatic carbocycles. The maximum absolute atomic E-state index is 11.8. The fraction of sp³-hybridized carbons (Fsp3) is 0.444. The van der Waals surface area contributed by atoms with E-state index in [4.69, 9.17) is 0 Å². The van der Waals surface area contributed by atoms with Gasteiger partial charge in [-0.1, -0.05) is 20.8 Å². The summed E-state index contributed by atoms with van der Waals surface area (Å²) in [7, 11) is 0. The van der Waals surface area contributed by atoms with E-state index in [0.29, 0.717) is 0 Å². The van der Waals surface area contributed by atoms with Gasteiger partial charge in [0.1, 0.15) is 0 Å².